The highest BCUT2D eigenvalue weighted by atomic mass is 32.2. The quantitative estimate of drug-likeness (QED) is 0.721. The second-order valence-corrected chi connectivity index (χ2v) is 7.05. The van der Waals surface area contributed by atoms with E-state index in [9.17, 15) is 18.3 Å². The molecule has 0 aromatic carbocycles. The zero-order chi connectivity index (χ0) is 15.5. The Morgan fingerprint density at radius 2 is 2.24 bits per heavy atom. The molecule has 1 aromatic heterocycles. The summed E-state index contributed by atoms with van der Waals surface area (Å²) in [4.78, 5) is 15.8. The minimum atomic E-state index is -3.25. The van der Waals surface area contributed by atoms with Crippen LogP contribution in [0.2, 0.25) is 0 Å². The standard InChI is InChI=1S/C13H19N3O4S/c1-21(19,20)16-10-5-2-4-9(10)8-15-13(18)12-11(17)6-3-7-14-12/h3,6-7,9-10,16-17H,2,4-5,8H2,1H3,(H,15,18). The number of nitrogens with one attached hydrogen (secondary N) is 2. The topological polar surface area (TPSA) is 108 Å². The fraction of sp³-hybridized carbons (Fsp3) is 0.538. The van der Waals surface area contributed by atoms with Gasteiger partial charge < -0.3 is 10.4 Å². The lowest BCUT2D eigenvalue weighted by Gasteiger charge is -2.20. The van der Waals surface area contributed by atoms with Gasteiger partial charge in [-0.2, -0.15) is 0 Å². The molecule has 0 bridgehead atoms. The highest BCUT2D eigenvalue weighted by Gasteiger charge is 2.29. The third-order valence-corrected chi connectivity index (χ3v) is 4.28. The lowest BCUT2D eigenvalue weighted by atomic mass is 10.0. The van der Waals surface area contributed by atoms with E-state index in [2.05, 4.69) is 15.0 Å². The number of pyridine rings is 1. The van der Waals surface area contributed by atoms with Crippen molar-refractivity contribution >= 4 is 15.9 Å². The molecule has 1 saturated carbocycles. The number of rotatable bonds is 5. The van der Waals surface area contributed by atoms with Gasteiger partial charge in [-0.25, -0.2) is 18.1 Å². The molecule has 2 unspecified atom stereocenters. The summed E-state index contributed by atoms with van der Waals surface area (Å²) in [6.07, 6.45) is 5.10. The Hall–Kier alpha value is -1.67. The Labute approximate surface area is 123 Å². The Morgan fingerprint density at radius 1 is 1.48 bits per heavy atom. The first kappa shape index (κ1) is 15.7. The molecule has 116 valence electrons. The lowest BCUT2D eigenvalue weighted by molar-refractivity contribution is 0.0938. The van der Waals surface area contributed by atoms with E-state index >= 15 is 0 Å². The third-order valence-electron chi connectivity index (χ3n) is 3.55. The molecular weight excluding hydrogens is 294 g/mol. The molecule has 1 amide bonds. The predicted octanol–water partition coefficient (Wildman–Crippen LogP) is 0.235. The number of nitrogens with zero attached hydrogens (tertiary/aromatic N) is 1. The first-order chi connectivity index (χ1) is 9.87. The predicted molar refractivity (Wildman–Crippen MR) is 77.3 cm³/mol. The van der Waals surface area contributed by atoms with Crippen molar-refractivity contribution in [1.82, 2.24) is 15.0 Å². The van der Waals surface area contributed by atoms with Crippen LogP contribution in [0.3, 0.4) is 0 Å². The van der Waals surface area contributed by atoms with Gasteiger partial charge in [0.15, 0.2) is 5.69 Å². The van der Waals surface area contributed by atoms with Gasteiger partial charge in [-0.3, -0.25) is 4.79 Å². The van der Waals surface area contributed by atoms with Crippen molar-refractivity contribution < 1.29 is 18.3 Å². The number of aromatic nitrogens is 1. The average Bonchev–Trinajstić information content (AvgIpc) is 2.81. The summed E-state index contributed by atoms with van der Waals surface area (Å²) >= 11 is 0. The summed E-state index contributed by atoms with van der Waals surface area (Å²) in [5, 5.41) is 12.3. The molecule has 7 nitrogen and oxygen atoms in total. The van der Waals surface area contributed by atoms with E-state index in [-0.39, 0.29) is 23.4 Å². The number of amides is 1. The molecule has 1 aliphatic rings. The minimum Gasteiger partial charge on any atom is -0.505 e. The summed E-state index contributed by atoms with van der Waals surface area (Å²) < 4.78 is 25.2. The van der Waals surface area contributed by atoms with E-state index in [1.54, 1.807) is 0 Å². The van der Waals surface area contributed by atoms with Crippen LogP contribution in [-0.4, -0.2) is 43.3 Å². The van der Waals surface area contributed by atoms with Crippen molar-refractivity contribution in [3.05, 3.63) is 24.0 Å². The zero-order valence-electron chi connectivity index (χ0n) is 11.7. The lowest BCUT2D eigenvalue weighted by Crippen LogP contribution is -2.41. The van der Waals surface area contributed by atoms with Gasteiger partial charge in [0, 0.05) is 18.8 Å². The highest BCUT2D eigenvalue weighted by molar-refractivity contribution is 7.88. The SMILES string of the molecule is CS(=O)(=O)NC1CCCC1CNC(=O)c1ncccc1O. The Balaban J connectivity index is 1.93. The van der Waals surface area contributed by atoms with Crippen LogP contribution in [0.5, 0.6) is 5.75 Å². The maximum atomic E-state index is 11.9. The second-order valence-electron chi connectivity index (χ2n) is 5.27. The summed E-state index contributed by atoms with van der Waals surface area (Å²) in [5.74, 6) is -0.583. The van der Waals surface area contributed by atoms with Gasteiger partial charge in [0.1, 0.15) is 5.75 Å². The molecule has 0 saturated heterocycles. The average molecular weight is 313 g/mol. The van der Waals surface area contributed by atoms with Gasteiger partial charge in [0.05, 0.1) is 6.26 Å². The number of carbonyl (C=O) groups excluding carboxylic acids is 1. The minimum absolute atomic E-state index is 0.0249. The normalized spacial score (nSPS) is 22.1. The molecule has 0 spiro atoms. The van der Waals surface area contributed by atoms with Crippen LogP contribution in [-0.2, 0) is 10.0 Å². The first-order valence-corrected chi connectivity index (χ1v) is 8.65. The highest BCUT2D eigenvalue weighted by Crippen LogP contribution is 2.25. The van der Waals surface area contributed by atoms with Crippen LogP contribution >= 0.6 is 0 Å². The van der Waals surface area contributed by atoms with E-state index < -0.39 is 15.9 Å². The number of hydrogen-bond acceptors (Lipinski definition) is 5. The number of aromatic hydroxyl groups is 1. The molecule has 1 aromatic rings. The third kappa shape index (κ3) is 4.40. The molecule has 2 atom stereocenters. The number of carbonyl (C=O) groups is 1. The van der Waals surface area contributed by atoms with Crippen LogP contribution in [0, 0.1) is 5.92 Å². The molecule has 3 N–H and O–H groups in total. The number of hydrogen-bond donors (Lipinski definition) is 3. The van der Waals surface area contributed by atoms with Gasteiger partial charge in [-0.15, -0.1) is 0 Å². The molecule has 0 radical (unpaired) electrons. The number of sulfonamides is 1. The van der Waals surface area contributed by atoms with E-state index in [0.717, 1.165) is 25.5 Å². The van der Waals surface area contributed by atoms with Crippen molar-refractivity contribution in [3.63, 3.8) is 0 Å². The van der Waals surface area contributed by atoms with Gasteiger partial charge in [0.25, 0.3) is 5.91 Å². The monoisotopic (exact) mass is 313 g/mol. The molecule has 21 heavy (non-hydrogen) atoms. The molecule has 1 aliphatic carbocycles. The maximum Gasteiger partial charge on any atom is 0.273 e. The van der Waals surface area contributed by atoms with E-state index in [4.69, 9.17) is 0 Å². The Morgan fingerprint density at radius 3 is 2.90 bits per heavy atom. The second kappa shape index (κ2) is 6.40. The van der Waals surface area contributed by atoms with Crippen LogP contribution in [0.1, 0.15) is 29.8 Å². The van der Waals surface area contributed by atoms with Crippen LogP contribution in [0.15, 0.2) is 18.3 Å². The maximum absolute atomic E-state index is 11.9. The zero-order valence-corrected chi connectivity index (χ0v) is 12.6. The summed E-state index contributed by atoms with van der Waals surface area (Å²) in [5.41, 5.74) is -0.0249. The van der Waals surface area contributed by atoms with E-state index in [1.165, 1.54) is 18.3 Å². The smallest absolute Gasteiger partial charge is 0.273 e. The van der Waals surface area contributed by atoms with E-state index in [1.807, 2.05) is 0 Å². The van der Waals surface area contributed by atoms with Crippen molar-refractivity contribution in [2.45, 2.75) is 25.3 Å². The first-order valence-electron chi connectivity index (χ1n) is 6.76. The Bertz CT molecular complexity index is 618. The largest absolute Gasteiger partial charge is 0.505 e. The van der Waals surface area contributed by atoms with Gasteiger partial charge in [-0.05, 0) is 30.9 Å². The summed E-state index contributed by atoms with van der Waals surface area (Å²) in [6.45, 7) is 0.349. The van der Waals surface area contributed by atoms with Crippen molar-refractivity contribution in [2.75, 3.05) is 12.8 Å². The van der Waals surface area contributed by atoms with Crippen LogP contribution in [0.4, 0.5) is 0 Å². The fourth-order valence-electron chi connectivity index (χ4n) is 2.59. The van der Waals surface area contributed by atoms with Crippen molar-refractivity contribution in [1.29, 1.82) is 0 Å². The summed E-state index contributed by atoms with van der Waals surface area (Å²) in [6, 6.07) is 2.78. The van der Waals surface area contributed by atoms with Gasteiger partial charge >= 0.3 is 0 Å². The van der Waals surface area contributed by atoms with Crippen LogP contribution < -0.4 is 10.0 Å². The molecule has 0 aliphatic heterocycles. The van der Waals surface area contributed by atoms with Gasteiger partial charge in [0.2, 0.25) is 10.0 Å². The molecular formula is C13H19N3O4S. The van der Waals surface area contributed by atoms with Crippen molar-refractivity contribution in [3.8, 4) is 5.75 Å². The van der Waals surface area contributed by atoms with Crippen molar-refractivity contribution in [2.24, 2.45) is 5.92 Å². The molecule has 2 rings (SSSR count). The molecule has 8 heteroatoms. The molecule has 1 fully saturated rings. The van der Waals surface area contributed by atoms with E-state index in [0.29, 0.717) is 6.54 Å². The van der Waals surface area contributed by atoms with Gasteiger partial charge in [-0.1, -0.05) is 6.42 Å². The molecule has 1 heterocycles. The van der Waals surface area contributed by atoms with Crippen LogP contribution in [0.25, 0.3) is 0 Å². The Kier molecular flexibility index (Phi) is 4.79. The summed E-state index contributed by atoms with van der Waals surface area (Å²) in [7, 11) is -3.25. The fourth-order valence-corrected chi connectivity index (χ4v) is 3.45.